The zero-order valence-electron chi connectivity index (χ0n) is 20.9. The molecular weight excluding hydrogens is 558 g/mol. The first-order valence-electron chi connectivity index (χ1n) is 11.1. The number of sulfone groups is 1. The lowest BCUT2D eigenvalue weighted by Crippen LogP contribution is -2.53. The number of carbonyl (C=O) groups is 2. The average molecular weight is 583 g/mol. The summed E-state index contributed by atoms with van der Waals surface area (Å²) in [5.41, 5.74) is -7.68. The van der Waals surface area contributed by atoms with Crippen LogP contribution in [0, 0.1) is 0 Å². The maximum Gasteiger partial charge on any atom is 0.430 e. The van der Waals surface area contributed by atoms with Crippen LogP contribution in [-0.4, -0.2) is 61.6 Å². The molecule has 8 nitrogen and oxygen atoms in total. The van der Waals surface area contributed by atoms with E-state index in [-0.39, 0.29) is 22.7 Å². The molecule has 0 aliphatic carbocycles. The summed E-state index contributed by atoms with van der Waals surface area (Å²) in [6.45, 7) is 2.71. The number of anilines is 1. The lowest BCUT2D eigenvalue weighted by molar-refractivity contribution is -0.376. The molecule has 2 N–H and O–H groups in total. The van der Waals surface area contributed by atoms with Gasteiger partial charge in [0.1, 0.15) is 11.6 Å². The summed E-state index contributed by atoms with van der Waals surface area (Å²) in [4.78, 5) is 27.6. The molecule has 15 heteroatoms. The van der Waals surface area contributed by atoms with Crippen molar-refractivity contribution in [2.24, 2.45) is 0 Å². The van der Waals surface area contributed by atoms with Crippen LogP contribution >= 0.6 is 0 Å². The fourth-order valence-electron chi connectivity index (χ4n) is 4.06. The van der Waals surface area contributed by atoms with Crippen LogP contribution in [0.1, 0.15) is 36.6 Å². The number of nitrogens with zero attached hydrogens (tertiary/aromatic N) is 1. The number of hydrogen-bond acceptors (Lipinski definition) is 6. The molecule has 0 aromatic heterocycles. The van der Waals surface area contributed by atoms with E-state index in [4.69, 9.17) is 4.74 Å². The maximum atomic E-state index is 13.3. The van der Waals surface area contributed by atoms with E-state index in [0.29, 0.717) is 17.7 Å². The summed E-state index contributed by atoms with van der Waals surface area (Å²) in [5.74, 6) is -1.52. The number of carbonyl (C=O) groups excluding carboxylic acids is 2. The lowest BCUT2D eigenvalue weighted by atomic mass is 9.92. The Balaban J connectivity index is 1.99. The number of hydrogen-bond donors (Lipinski definition) is 2. The minimum Gasteiger partial charge on any atom is -0.369 e. The third kappa shape index (κ3) is 5.47. The van der Waals surface area contributed by atoms with Gasteiger partial charge < -0.3 is 20.1 Å². The molecule has 2 aromatic carbocycles. The van der Waals surface area contributed by atoms with Crippen LogP contribution in [-0.2, 0) is 36.3 Å². The molecule has 39 heavy (non-hydrogen) atoms. The Morgan fingerprint density at radius 3 is 2.00 bits per heavy atom. The summed E-state index contributed by atoms with van der Waals surface area (Å²) in [6, 6.07) is 4.78. The summed E-state index contributed by atoms with van der Waals surface area (Å²) in [5, 5.41) is 11.9. The number of halogens is 6. The zero-order chi connectivity index (χ0) is 29.8. The van der Waals surface area contributed by atoms with Gasteiger partial charge in [-0.25, -0.2) is 8.42 Å². The van der Waals surface area contributed by atoms with Crippen molar-refractivity contribution in [1.29, 1.82) is 0 Å². The minimum absolute atomic E-state index is 0.0573. The van der Waals surface area contributed by atoms with E-state index in [1.807, 2.05) is 0 Å². The Labute approximate surface area is 219 Å². The highest BCUT2D eigenvalue weighted by Crippen LogP contribution is 2.50. The van der Waals surface area contributed by atoms with Crippen molar-refractivity contribution in [1.82, 2.24) is 4.90 Å². The summed E-state index contributed by atoms with van der Waals surface area (Å²) in [7, 11) is -2.36. The number of fused-ring (bicyclic) bond motifs is 1. The van der Waals surface area contributed by atoms with E-state index in [1.54, 1.807) is 0 Å². The number of rotatable bonds is 6. The van der Waals surface area contributed by atoms with E-state index in [2.05, 4.69) is 5.32 Å². The molecule has 0 radical (unpaired) electrons. The second-order valence-corrected chi connectivity index (χ2v) is 11.5. The van der Waals surface area contributed by atoms with Gasteiger partial charge in [-0.1, -0.05) is 18.2 Å². The smallest absolute Gasteiger partial charge is 0.369 e. The molecule has 1 unspecified atom stereocenters. The summed E-state index contributed by atoms with van der Waals surface area (Å²) >= 11 is 0. The molecule has 0 bridgehead atoms. The molecule has 0 saturated carbocycles. The van der Waals surface area contributed by atoms with Gasteiger partial charge in [-0.15, -0.1) is 0 Å². The molecule has 1 atom stereocenters. The molecule has 1 aliphatic rings. The van der Waals surface area contributed by atoms with Gasteiger partial charge in [0.25, 0.3) is 17.4 Å². The van der Waals surface area contributed by atoms with E-state index in [1.165, 1.54) is 39.2 Å². The predicted octanol–water partition coefficient (Wildman–Crippen LogP) is 3.85. The van der Waals surface area contributed by atoms with Gasteiger partial charge in [0.05, 0.1) is 4.90 Å². The van der Waals surface area contributed by atoms with Crippen LogP contribution in [0.15, 0.2) is 47.4 Å². The van der Waals surface area contributed by atoms with Crippen molar-refractivity contribution in [2.75, 3.05) is 18.7 Å². The molecular formula is C24H24F6N2O6S. The van der Waals surface area contributed by atoms with Crippen molar-refractivity contribution >= 4 is 27.3 Å². The minimum atomic E-state index is -6.08. The van der Waals surface area contributed by atoms with E-state index < -0.39 is 56.8 Å². The monoisotopic (exact) mass is 582 g/mol. The SMILES string of the molecule is COC(C)(C)C(=O)N1Cc2cc(S(C)(=O)=O)ccc2C1C(=O)Nc1ccc(C(O)(C(F)(F)F)C(F)(F)F)cc1. The van der Waals surface area contributed by atoms with Gasteiger partial charge in [0.15, 0.2) is 9.84 Å². The molecule has 0 fully saturated rings. The third-order valence-corrected chi connectivity index (χ3v) is 7.53. The van der Waals surface area contributed by atoms with Crippen LogP contribution in [0.5, 0.6) is 0 Å². The quantitative estimate of drug-likeness (QED) is 0.501. The first-order chi connectivity index (χ1) is 17.6. The maximum absolute atomic E-state index is 13.3. The summed E-state index contributed by atoms with van der Waals surface area (Å²) < 4.78 is 108. The van der Waals surface area contributed by atoms with Crippen LogP contribution in [0.2, 0.25) is 0 Å². The van der Waals surface area contributed by atoms with Gasteiger partial charge in [0, 0.05) is 31.2 Å². The number of ether oxygens (including phenoxy) is 1. The molecule has 3 rings (SSSR count). The fraction of sp³-hybridized carbons (Fsp3) is 0.417. The second kappa shape index (κ2) is 9.78. The van der Waals surface area contributed by atoms with Gasteiger partial charge in [-0.05, 0) is 49.2 Å². The lowest BCUT2D eigenvalue weighted by Gasteiger charge is -2.33. The first kappa shape index (κ1) is 30.4. The standard InChI is InChI=1S/C24H24F6N2O6S/c1-21(2,38-3)20(34)32-12-13-11-16(39(4,36)37)9-10-17(13)18(32)19(33)31-15-7-5-14(6-8-15)22(35,23(25,26)27)24(28,29)30/h5-11,18,35H,12H2,1-4H3,(H,31,33). The fourth-order valence-corrected chi connectivity index (χ4v) is 4.73. The van der Waals surface area contributed by atoms with Crippen molar-refractivity contribution in [3.05, 3.63) is 59.2 Å². The van der Waals surface area contributed by atoms with E-state index in [9.17, 15) is 49.5 Å². The van der Waals surface area contributed by atoms with Crippen molar-refractivity contribution in [3.63, 3.8) is 0 Å². The van der Waals surface area contributed by atoms with Crippen LogP contribution in [0.4, 0.5) is 32.0 Å². The molecule has 214 valence electrons. The van der Waals surface area contributed by atoms with Gasteiger partial charge in [0.2, 0.25) is 0 Å². The Morgan fingerprint density at radius 1 is 1.00 bits per heavy atom. The highest BCUT2D eigenvalue weighted by atomic mass is 32.2. The number of alkyl halides is 6. The molecule has 2 aromatic rings. The average Bonchev–Trinajstić information content (AvgIpc) is 3.20. The van der Waals surface area contributed by atoms with Gasteiger partial charge >= 0.3 is 12.4 Å². The Kier molecular flexibility index (Phi) is 7.62. The van der Waals surface area contributed by atoms with Crippen LogP contribution in [0.3, 0.4) is 0 Å². The summed E-state index contributed by atoms with van der Waals surface area (Å²) in [6.07, 6.45) is -11.2. The number of methoxy groups -OCH3 is 1. The van der Waals surface area contributed by atoms with Gasteiger partial charge in [-0.3, -0.25) is 9.59 Å². The zero-order valence-corrected chi connectivity index (χ0v) is 21.8. The molecule has 0 saturated heterocycles. The normalized spacial score (nSPS) is 16.7. The van der Waals surface area contributed by atoms with E-state index >= 15 is 0 Å². The molecule has 0 spiro atoms. The van der Waals surface area contributed by atoms with Crippen molar-refractivity contribution in [2.45, 2.75) is 54.9 Å². The number of benzene rings is 2. The second-order valence-electron chi connectivity index (χ2n) is 9.46. The number of amides is 2. The molecule has 1 heterocycles. The Morgan fingerprint density at radius 2 is 1.54 bits per heavy atom. The molecule has 1 aliphatic heterocycles. The number of aliphatic hydroxyl groups is 1. The third-order valence-electron chi connectivity index (χ3n) is 6.41. The highest BCUT2D eigenvalue weighted by Gasteiger charge is 2.71. The van der Waals surface area contributed by atoms with Crippen LogP contribution < -0.4 is 5.32 Å². The van der Waals surface area contributed by atoms with E-state index in [0.717, 1.165) is 23.3 Å². The number of nitrogens with one attached hydrogen (secondary N) is 1. The first-order valence-corrected chi connectivity index (χ1v) is 13.0. The Hall–Kier alpha value is -3.17. The van der Waals surface area contributed by atoms with Gasteiger partial charge in [-0.2, -0.15) is 26.3 Å². The Bertz CT molecular complexity index is 1370. The predicted molar refractivity (Wildman–Crippen MR) is 125 cm³/mol. The highest BCUT2D eigenvalue weighted by molar-refractivity contribution is 7.90. The topological polar surface area (TPSA) is 113 Å². The largest absolute Gasteiger partial charge is 0.430 e. The van der Waals surface area contributed by atoms with Crippen molar-refractivity contribution < 1.29 is 54.2 Å². The van der Waals surface area contributed by atoms with Crippen LogP contribution in [0.25, 0.3) is 0 Å². The molecule has 2 amide bonds. The van der Waals surface area contributed by atoms with Crippen molar-refractivity contribution in [3.8, 4) is 0 Å².